The Kier molecular flexibility index (Phi) is 4.32. The van der Waals surface area contributed by atoms with Crippen LogP contribution in [0, 0.1) is 5.41 Å². The standard InChI is InChI=1S/C17H21Cl.ClH/c1-3-5-12-7-8-13-14(16(12)18)9-11-17(2)10-4-6-15(13)17;/h3,5,7-8,15H,4,6,9-11H2,1-2H3;1H/b5-3-;/t15-,17+;/m0./s1. The molecule has 0 bridgehead atoms. The molecule has 2 heteroatoms. The monoisotopic (exact) mass is 296 g/mol. The van der Waals surface area contributed by atoms with Crippen molar-refractivity contribution in [1.29, 1.82) is 0 Å². The van der Waals surface area contributed by atoms with Crippen LogP contribution in [-0.2, 0) is 6.42 Å². The zero-order chi connectivity index (χ0) is 12.8. The lowest BCUT2D eigenvalue weighted by Crippen LogP contribution is -2.26. The molecule has 0 heterocycles. The van der Waals surface area contributed by atoms with E-state index in [-0.39, 0.29) is 12.4 Å². The molecular formula is C17H22Cl2. The fraction of sp³-hybridized carbons (Fsp3) is 0.529. The number of rotatable bonds is 1. The number of hydrogen-bond donors (Lipinski definition) is 0. The first-order valence-corrected chi connectivity index (χ1v) is 7.47. The maximum Gasteiger partial charge on any atom is 0.0513 e. The molecule has 3 rings (SSSR count). The summed E-state index contributed by atoms with van der Waals surface area (Å²) >= 11 is 6.59. The van der Waals surface area contributed by atoms with Crippen LogP contribution in [0.25, 0.3) is 6.08 Å². The Morgan fingerprint density at radius 3 is 2.84 bits per heavy atom. The molecule has 0 unspecified atom stereocenters. The summed E-state index contributed by atoms with van der Waals surface area (Å²) in [6.07, 6.45) is 10.8. The minimum absolute atomic E-state index is 0. The van der Waals surface area contributed by atoms with Gasteiger partial charge in [0.1, 0.15) is 0 Å². The largest absolute Gasteiger partial charge is 0.147 e. The van der Waals surface area contributed by atoms with Crippen LogP contribution in [-0.4, -0.2) is 0 Å². The Bertz CT molecular complexity index is 504. The maximum atomic E-state index is 6.59. The zero-order valence-corrected chi connectivity index (χ0v) is 13.3. The minimum atomic E-state index is 0. The molecular weight excluding hydrogens is 275 g/mol. The predicted molar refractivity (Wildman–Crippen MR) is 86.4 cm³/mol. The summed E-state index contributed by atoms with van der Waals surface area (Å²) in [5.74, 6) is 0.749. The third-order valence-electron chi connectivity index (χ3n) is 5.06. The van der Waals surface area contributed by atoms with Gasteiger partial charge in [-0.3, -0.25) is 0 Å². The summed E-state index contributed by atoms with van der Waals surface area (Å²) in [7, 11) is 0. The van der Waals surface area contributed by atoms with Gasteiger partial charge in [0.15, 0.2) is 0 Å². The first kappa shape index (κ1) is 14.9. The number of allylic oxidation sites excluding steroid dienone is 1. The molecule has 104 valence electrons. The lowest BCUT2D eigenvalue weighted by molar-refractivity contribution is 0.252. The van der Waals surface area contributed by atoms with Crippen molar-refractivity contribution in [2.75, 3.05) is 0 Å². The van der Waals surface area contributed by atoms with E-state index in [1.54, 1.807) is 5.56 Å². The zero-order valence-electron chi connectivity index (χ0n) is 11.7. The Balaban J connectivity index is 0.00000133. The van der Waals surface area contributed by atoms with Gasteiger partial charge in [-0.25, -0.2) is 0 Å². The molecule has 0 N–H and O–H groups in total. The van der Waals surface area contributed by atoms with Gasteiger partial charge in [0.2, 0.25) is 0 Å². The second-order valence-electron chi connectivity index (χ2n) is 6.14. The van der Waals surface area contributed by atoms with Gasteiger partial charge >= 0.3 is 0 Å². The number of fused-ring (bicyclic) bond motifs is 3. The van der Waals surface area contributed by atoms with Crippen molar-refractivity contribution in [3.63, 3.8) is 0 Å². The summed E-state index contributed by atoms with van der Waals surface area (Å²) < 4.78 is 0. The van der Waals surface area contributed by atoms with Crippen LogP contribution < -0.4 is 0 Å². The molecule has 0 aromatic heterocycles. The summed E-state index contributed by atoms with van der Waals surface area (Å²) in [4.78, 5) is 0. The highest BCUT2D eigenvalue weighted by Crippen LogP contribution is 2.56. The lowest BCUT2D eigenvalue weighted by Gasteiger charge is -2.38. The Morgan fingerprint density at radius 2 is 2.11 bits per heavy atom. The molecule has 19 heavy (non-hydrogen) atoms. The average molecular weight is 297 g/mol. The van der Waals surface area contributed by atoms with E-state index in [9.17, 15) is 0 Å². The van der Waals surface area contributed by atoms with Gasteiger partial charge in [0, 0.05) is 0 Å². The van der Waals surface area contributed by atoms with Crippen molar-refractivity contribution in [2.45, 2.75) is 51.9 Å². The van der Waals surface area contributed by atoms with Gasteiger partial charge in [-0.05, 0) is 60.6 Å². The normalized spacial score (nSPS) is 28.9. The van der Waals surface area contributed by atoms with Crippen LogP contribution in [0.15, 0.2) is 18.2 Å². The predicted octanol–water partition coefficient (Wildman–Crippen LogP) is 6.01. The van der Waals surface area contributed by atoms with Crippen molar-refractivity contribution in [2.24, 2.45) is 5.41 Å². The van der Waals surface area contributed by atoms with Crippen LogP contribution in [0.3, 0.4) is 0 Å². The van der Waals surface area contributed by atoms with Crippen LogP contribution in [0.4, 0.5) is 0 Å². The van der Waals surface area contributed by atoms with E-state index in [2.05, 4.69) is 31.2 Å². The summed E-state index contributed by atoms with van der Waals surface area (Å²) in [5.41, 5.74) is 4.69. The SMILES string of the molecule is C/C=C\c1ccc2c(c1Cl)CC[C@@]1(C)CCC[C@@H]21.Cl. The molecule has 1 aromatic rings. The molecule has 1 saturated carbocycles. The van der Waals surface area contributed by atoms with Crippen molar-refractivity contribution in [3.8, 4) is 0 Å². The summed E-state index contributed by atoms with van der Waals surface area (Å²) in [6, 6.07) is 4.54. The van der Waals surface area contributed by atoms with Crippen LogP contribution in [0.5, 0.6) is 0 Å². The second-order valence-corrected chi connectivity index (χ2v) is 6.51. The van der Waals surface area contributed by atoms with Crippen molar-refractivity contribution in [1.82, 2.24) is 0 Å². The first-order valence-electron chi connectivity index (χ1n) is 7.10. The number of hydrogen-bond acceptors (Lipinski definition) is 0. The van der Waals surface area contributed by atoms with E-state index in [0.717, 1.165) is 17.4 Å². The van der Waals surface area contributed by atoms with Crippen molar-refractivity contribution in [3.05, 3.63) is 39.9 Å². The van der Waals surface area contributed by atoms with Gasteiger partial charge in [-0.15, -0.1) is 12.4 Å². The van der Waals surface area contributed by atoms with Crippen LogP contribution >= 0.6 is 24.0 Å². The minimum Gasteiger partial charge on any atom is -0.147 e. The highest BCUT2D eigenvalue weighted by Gasteiger charge is 2.43. The highest BCUT2D eigenvalue weighted by molar-refractivity contribution is 6.33. The molecule has 0 amide bonds. The molecule has 2 aliphatic carbocycles. The molecule has 0 spiro atoms. The van der Waals surface area contributed by atoms with E-state index in [0.29, 0.717) is 5.41 Å². The van der Waals surface area contributed by atoms with Crippen LogP contribution in [0.1, 0.15) is 62.1 Å². The molecule has 0 aliphatic heterocycles. The van der Waals surface area contributed by atoms with Gasteiger partial charge in [0.25, 0.3) is 0 Å². The fourth-order valence-corrected chi connectivity index (χ4v) is 4.35. The van der Waals surface area contributed by atoms with Crippen LogP contribution in [0.2, 0.25) is 5.02 Å². The first-order chi connectivity index (χ1) is 8.65. The third kappa shape index (κ3) is 2.34. The van der Waals surface area contributed by atoms with E-state index >= 15 is 0 Å². The second kappa shape index (κ2) is 5.50. The maximum absolute atomic E-state index is 6.59. The van der Waals surface area contributed by atoms with Gasteiger partial charge < -0.3 is 0 Å². The number of benzene rings is 1. The molecule has 2 aliphatic rings. The van der Waals surface area contributed by atoms with E-state index in [1.165, 1.54) is 36.8 Å². The highest BCUT2D eigenvalue weighted by atomic mass is 35.5. The third-order valence-corrected chi connectivity index (χ3v) is 5.51. The van der Waals surface area contributed by atoms with Gasteiger partial charge in [0.05, 0.1) is 5.02 Å². The quantitative estimate of drug-likeness (QED) is 0.595. The molecule has 1 fully saturated rings. The Hall–Kier alpha value is -0.460. The Morgan fingerprint density at radius 1 is 1.32 bits per heavy atom. The Labute approximate surface area is 127 Å². The molecule has 0 nitrogen and oxygen atoms in total. The molecule has 2 atom stereocenters. The average Bonchev–Trinajstić information content (AvgIpc) is 2.75. The summed E-state index contributed by atoms with van der Waals surface area (Å²) in [5, 5.41) is 1.000. The van der Waals surface area contributed by atoms with Crippen molar-refractivity contribution >= 4 is 30.1 Å². The van der Waals surface area contributed by atoms with Gasteiger partial charge in [-0.1, -0.05) is 49.2 Å². The molecule has 1 aromatic carbocycles. The smallest absolute Gasteiger partial charge is 0.0513 e. The molecule has 0 saturated heterocycles. The van der Waals surface area contributed by atoms with E-state index < -0.39 is 0 Å². The van der Waals surface area contributed by atoms with Crippen molar-refractivity contribution < 1.29 is 0 Å². The van der Waals surface area contributed by atoms with E-state index in [1.807, 2.05) is 6.92 Å². The van der Waals surface area contributed by atoms with E-state index in [4.69, 9.17) is 11.6 Å². The van der Waals surface area contributed by atoms with Gasteiger partial charge in [-0.2, -0.15) is 0 Å². The topological polar surface area (TPSA) is 0 Å². The molecule has 0 radical (unpaired) electrons. The summed E-state index contributed by atoms with van der Waals surface area (Å²) in [6.45, 7) is 4.52. The lowest BCUT2D eigenvalue weighted by atomic mass is 9.67. The fourth-order valence-electron chi connectivity index (χ4n) is 4.02. The number of halogens is 2.